The average molecular weight is 256 g/mol. The lowest BCUT2D eigenvalue weighted by Gasteiger charge is -2.19. The molecule has 1 unspecified atom stereocenters. The molecule has 1 N–H and O–H groups in total. The van der Waals surface area contributed by atoms with Gasteiger partial charge in [-0.25, -0.2) is 0 Å². The van der Waals surface area contributed by atoms with E-state index in [1.807, 2.05) is 25.4 Å². The van der Waals surface area contributed by atoms with Gasteiger partial charge in [-0.15, -0.1) is 0 Å². The van der Waals surface area contributed by atoms with Crippen molar-refractivity contribution in [3.05, 3.63) is 53.3 Å². The number of rotatable bonds is 4. The van der Waals surface area contributed by atoms with Crippen molar-refractivity contribution in [3.8, 4) is 5.75 Å². The van der Waals surface area contributed by atoms with Crippen molar-refractivity contribution in [2.45, 2.75) is 26.8 Å². The molecule has 2 rings (SSSR count). The number of methoxy groups -OCH3 is 1. The Morgan fingerprint density at radius 2 is 1.89 bits per heavy atom. The van der Waals surface area contributed by atoms with E-state index in [0.29, 0.717) is 0 Å². The number of ether oxygens (including phenoxy) is 1. The van der Waals surface area contributed by atoms with Crippen molar-refractivity contribution in [3.63, 3.8) is 0 Å². The summed E-state index contributed by atoms with van der Waals surface area (Å²) in [6.45, 7) is 6.25. The van der Waals surface area contributed by atoms with Crippen LogP contribution in [0.5, 0.6) is 5.75 Å². The van der Waals surface area contributed by atoms with Gasteiger partial charge in [0.05, 0.1) is 18.8 Å². The van der Waals surface area contributed by atoms with E-state index < -0.39 is 0 Å². The SMILES string of the molecule is COc1ccc(C)cc1C(C)Nc1cncc(C)c1. The highest BCUT2D eigenvalue weighted by atomic mass is 16.5. The van der Waals surface area contributed by atoms with E-state index in [9.17, 15) is 0 Å². The van der Waals surface area contributed by atoms with Crippen molar-refractivity contribution >= 4 is 5.69 Å². The summed E-state index contributed by atoms with van der Waals surface area (Å²) in [6, 6.07) is 8.48. The second-order valence-corrected chi connectivity index (χ2v) is 4.86. The van der Waals surface area contributed by atoms with E-state index >= 15 is 0 Å². The zero-order chi connectivity index (χ0) is 13.8. The van der Waals surface area contributed by atoms with Crippen LogP contribution in [0.1, 0.15) is 29.7 Å². The van der Waals surface area contributed by atoms with E-state index in [4.69, 9.17) is 4.74 Å². The van der Waals surface area contributed by atoms with Crippen LogP contribution >= 0.6 is 0 Å². The van der Waals surface area contributed by atoms with Crippen LogP contribution in [0.4, 0.5) is 5.69 Å². The molecule has 0 aliphatic carbocycles. The van der Waals surface area contributed by atoms with E-state index in [1.165, 1.54) is 5.56 Å². The van der Waals surface area contributed by atoms with Crippen molar-refractivity contribution in [2.24, 2.45) is 0 Å². The van der Waals surface area contributed by atoms with E-state index in [0.717, 1.165) is 22.6 Å². The van der Waals surface area contributed by atoms with Gasteiger partial charge in [0.15, 0.2) is 0 Å². The van der Waals surface area contributed by atoms with Gasteiger partial charge in [-0.2, -0.15) is 0 Å². The van der Waals surface area contributed by atoms with Gasteiger partial charge >= 0.3 is 0 Å². The molecule has 0 radical (unpaired) electrons. The monoisotopic (exact) mass is 256 g/mol. The fraction of sp³-hybridized carbons (Fsp3) is 0.312. The molecule has 0 aliphatic heterocycles. The molecular weight excluding hydrogens is 236 g/mol. The van der Waals surface area contributed by atoms with Crippen LogP contribution in [0.25, 0.3) is 0 Å². The summed E-state index contributed by atoms with van der Waals surface area (Å²) in [7, 11) is 1.70. The molecule has 1 aromatic heterocycles. The molecule has 2 aromatic rings. The Balaban J connectivity index is 2.24. The van der Waals surface area contributed by atoms with Gasteiger partial charge in [0.1, 0.15) is 5.75 Å². The van der Waals surface area contributed by atoms with Gasteiger partial charge in [0, 0.05) is 18.0 Å². The van der Waals surface area contributed by atoms with Crippen LogP contribution in [0.3, 0.4) is 0 Å². The molecule has 3 heteroatoms. The maximum Gasteiger partial charge on any atom is 0.124 e. The molecular formula is C16H20N2O. The van der Waals surface area contributed by atoms with Crippen LogP contribution in [0, 0.1) is 13.8 Å². The summed E-state index contributed by atoms with van der Waals surface area (Å²) in [6.07, 6.45) is 3.69. The van der Waals surface area contributed by atoms with Gasteiger partial charge < -0.3 is 10.1 Å². The lowest BCUT2D eigenvalue weighted by atomic mass is 10.0. The van der Waals surface area contributed by atoms with Gasteiger partial charge in [0.25, 0.3) is 0 Å². The van der Waals surface area contributed by atoms with Crippen molar-refractivity contribution in [1.29, 1.82) is 0 Å². The van der Waals surface area contributed by atoms with Gasteiger partial charge in [-0.1, -0.05) is 17.7 Å². The molecule has 1 atom stereocenters. The maximum atomic E-state index is 5.43. The predicted molar refractivity (Wildman–Crippen MR) is 78.7 cm³/mol. The fourth-order valence-electron chi connectivity index (χ4n) is 2.15. The summed E-state index contributed by atoms with van der Waals surface area (Å²) >= 11 is 0. The highest BCUT2D eigenvalue weighted by Crippen LogP contribution is 2.28. The lowest BCUT2D eigenvalue weighted by Crippen LogP contribution is -2.08. The first-order valence-electron chi connectivity index (χ1n) is 6.43. The van der Waals surface area contributed by atoms with Gasteiger partial charge in [-0.05, 0) is 38.5 Å². The first-order valence-corrected chi connectivity index (χ1v) is 6.43. The number of aromatic nitrogens is 1. The third-order valence-electron chi connectivity index (χ3n) is 3.11. The Labute approximate surface area is 114 Å². The molecule has 0 amide bonds. The molecule has 0 saturated heterocycles. The standard InChI is InChI=1S/C16H20N2O/c1-11-5-6-16(19-4)15(8-11)13(3)18-14-7-12(2)9-17-10-14/h5-10,13,18H,1-4H3. The maximum absolute atomic E-state index is 5.43. The number of nitrogens with one attached hydrogen (secondary N) is 1. The van der Waals surface area contributed by atoms with Crippen LogP contribution < -0.4 is 10.1 Å². The number of aryl methyl sites for hydroxylation is 2. The molecule has 1 aromatic carbocycles. The molecule has 100 valence electrons. The zero-order valence-electron chi connectivity index (χ0n) is 11.9. The second kappa shape index (κ2) is 5.74. The van der Waals surface area contributed by atoms with Crippen LogP contribution in [0.2, 0.25) is 0 Å². The Hall–Kier alpha value is -2.03. The minimum absolute atomic E-state index is 0.165. The highest BCUT2D eigenvalue weighted by molar-refractivity contribution is 5.48. The molecule has 0 aliphatic rings. The van der Waals surface area contributed by atoms with E-state index in [1.54, 1.807) is 7.11 Å². The largest absolute Gasteiger partial charge is 0.496 e. The highest BCUT2D eigenvalue weighted by Gasteiger charge is 2.11. The number of hydrogen-bond acceptors (Lipinski definition) is 3. The Morgan fingerprint density at radius 3 is 2.58 bits per heavy atom. The Kier molecular flexibility index (Phi) is 4.05. The number of hydrogen-bond donors (Lipinski definition) is 1. The lowest BCUT2D eigenvalue weighted by molar-refractivity contribution is 0.408. The molecule has 0 fully saturated rings. The normalized spacial score (nSPS) is 12.0. The van der Waals surface area contributed by atoms with Crippen molar-refractivity contribution in [2.75, 3.05) is 12.4 Å². The van der Waals surface area contributed by atoms with Crippen LogP contribution in [-0.2, 0) is 0 Å². The fourth-order valence-corrected chi connectivity index (χ4v) is 2.15. The first-order chi connectivity index (χ1) is 9.10. The summed E-state index contributed by atoms with van der Waals surface area (Å²) in [5.74, 6) is 0.909. The first kappa shape index (κ1) is 13.4. The Morgan fingerprint density at radius 1 is 1.11 bits per heavy atom. The average Bonchev–Trinajstić information content (AvgIpc) is 2.38. The predicted octanol–water partition coefficient (Wildman–Crippen LogP) is 3.88. The molecule has 19 heavy (non-hydrogen) atoms. The van der Waals surface area contributed by atoms with E-state index in [-0.39, 0.29) is 6.04 Å². The Bertz CT molecular complexity index is 566. The zero-order valence-corrected chi connectivity index (χ0v) is 11.9. The van der Waals surface area contributed by atoms with Gasteiger partial charge in [0.2, 0.25) is 0 Å². The number of pyridine rings is 1. The third kappa shape index (κ3) is 3.25. The minimum Gasteiger partial charge on any atom is -0.496 e. The summed E-state index contributed by atoms with van der Waals surface area (Å²) in [4.78, 5) is 4.20. The van der Waals surface area contributed by atoms with E-state index in [2.05, 4.69) is 42.3 Å². The molecule has 0 bridgehead atoms. The van der Waals surface area contributed by atoms with Crippen LogP contribution in [0.15, 0.2) is 36.7 Å². The number of anilines is 1. The summed E-state index contributed by atoms with van der Waals surface area (Å²) in [5, 5.41) is 3.46. The molecule has 0 spiro atoms. The third-order valence-corrected chi connectivity index (χ3v) is 3.11. The number of benzene rings is 1. The summed E-state index contributed by atoms with van der Waals surface area (Å²) in [5.41, 5.74) is 4.56. The minimum atomic E-state index is 0.165. The second-order valence-electron chi connectivity index (χ2n) is 4.86. The molecule has 0 saturated carbocycles. The van der Waals surface area contributed by atoms with Crippen molar-refractivity contribution in [1.82, 2.24) is 4.98 Å². The van der Waals surface area contributed by atoms with Crippen molar-refractivity contribution < 1.29 is 4.74 Å². The quantitative estimate of drug-likeness (QED) is 0.901. The summed E-state index contributed by atoms with van der Waals surface area (Å²) < 4.78 is 5.43. The van der Waals surface area contributed by atoms with Gasteiger partial charge in [-0.3, -0.25) is 4.98 Å². The van der Waals surface area contributed by atoms with Crippen LogP contribution in [-0.4, -0.2) is 12.1 Å². The molecule has 3 nitrogen and oxygen atoms in total. The smallest absolute Gasteiger partial charge is 0.124 e. The molecule has 1 heterocycles. The topological polar surface area (TPSA) is 34.1 Å². The number of nitrogens with zero attached hydrogens (tertiary/aromatic N) is 1.